The van der Waals surface area contributed by atoms with Crippen LogP contribution in [0.2, 0.25) is 0 Å². The number of carbonyl (C=O) groups is 1. The molecule has 1 heterocycles. The second kappa shape index (κ2) is 6.53. The van der Waals surface area contributed by atoms with Crippen molar-refractivity contribution >= 4 is 22.7 Å². The highest BCUT2D eigenvalue weighted by Crippen LogP contribution is 2.20. The Labute approximate surface area is 117 Å². The molecule has 1 aromatic heterocycles. The first kappa shape index (κ1) is 13.8. The molecule has 0 amide bonds. The van der Waals surface area contributed by atoms with Crippen LogP contribution in [0, 0.1) is 12.3 Å². The summed E-state index contributed by atoms with van der Waals surface area (Å²) in [5, 5.41) is 13.0. The first-order chi connectivity index (χ1) is 9.72. The third-order valence-corrected chi connectivity index (χ3v) is 2.83. The first-order valence-corrected chi connectivity index (χ1v) is 6.40. The molecule has 2 aromatic rings. The van der Waals surface area contributed by atoms with Gasteiger partial charge in [0.1, 0.15) is 5.82 Å². The van der Waals surface area contributed by atoms with Gasteiger partial charge in [-0.1, -0.05) is 12.1 Å². The number of hydrogen-bond acceptors (Lipinski definition) is 4. The van der Waals surface area contributed by atoms with Crippen LogP contribution in [-0.2, 0) is 0 Å². The molecule has 0 aliphatic heterocycles. The van der Waals surface area contributed by atoms with Gasteiger partial charge < -0.3 is 10.4 Å². The lowest BCUT2D eigenvalue weighted by Gasteiger charge is -2.09. The van der Waals surface area contributed by atoms with Crippen molar-refractivity contribution in [3.8, 4) is 12.3 Å². The number of fused-ring (bicyclic) bond motifs is 1. The number of nitrogens with zero attached hydrogens (tertiary/aromatic N) is 2. The number of terminal acetylenes is 1. The molecule has 0 saturated carbocycles. The van der Waals surface area contributed by atoms with E-state index in [2.05, 4.69) is 21.2 Å². The van der Waals surface area contributed by atoms with Crippen molar-refractivity contribution < 1.29 is 9.90 Å². The van der Waals surface area contributed by atoms with E-state index in [4.69, 9.17) is 11.5 Å². The third kappa shape index (κ3) is 3.23. The minimum absolute atomic E-state index is 0.199. The van der Waals surface area contributed by atoms with E-state index < -0.39 is 5.97 Å². The first-order valence-electron chi connectivity index (χ1n) is 6.40. The van der Waals surface area contributed by atoms with Crippen LogP contribution in [0.25, 0.3) is 10.9 Å². The van der Waals surface area contributed by atoms with Gasteiger partial charge in [-0.3, -0.25) is 0 Å². The minimum atomic E-state index is -1.13. The minimum Gasteiger partial charge on any atom is -0.475 e. The predicted molar refractivity (Wildman–Crippen MR) is 77.7 cm³/mol. The standard InChI is InChI=1S/C15H15N3O2/c1-2-3-4-7-10-16-13-11-8-5-6-9-12(11)17-14(18-13)15(19)20/h1,5-6,8-9H,3-4,7,10H2,(H,19,20)(H,16,17,18). The zero-order valence-electron chi connectivity index (χ0n) is 11.0. The van der Waals surface area contributed by atoms with E-state index >= 15 is 0 Å². The Kier molecular flexibility index (Phi) is 4.51. The quantitative estimate of drug-likeness (QED) is 0.622. The molecule has 0 saturated heterocycles. The number of nitrogens with one attached hydrogen (secondary N) is 1. The summed E-state index contributed by atoms with van der Waals surface area (Å²) in [6.45, 7) is 0.696. The van der Waals surface area contributed by atoms with Crippen LogP contribution < -0.4 is 5.32 Å². The van der Waals surface area contributed by atoms with Crippen LogP contribution in [-0.4, -0.2) is 27.6 Å². The van der Waals surface area contributed by atoms with Crippen LogP contribution in [0.1, 0.15) is 29.9 Å². The van der Waals surface area contributed by atoms with Crippen LogP contribution in [0.4, 0.5) is 5.82 Å². The number of unbranched alkanes of at least 4 members (excludes halogenated alkanes) is 2. The molecular formula is C15H15N3O2. The van der Waals surface area contributed by atoms with E-state index in [9.17, 15) is 4.79 Å². The maximum atomic E-state index is 11.0. The molecule has 102 valence electrons. The molecule has 20 heavy (non-hydrogen) atoms. The van der Waals surface area contributed by atoms with Crippen molar-refractivity contribution in [2.24, 2.45) is 0 Å². The van der Waals surface area contributed by atoms with E-state index in [1.807, 2.05) is 18.2 Å². The largest absolute Gasteiger partial charge is 0.475 e. The van der Waals surface area contributed by atoms with Crippen LogP contribution in [0.5, 0.6) is 0 Å². The Balaban J connectivity index is 2.21. The number of rotatable bonds is 6. The number of aromatic carboxylic acids is 1. The number of benzene rings is 1. The molecule has 2 rings (SSSR count). The molecule has 1 aromatic carbocycles. The molecule has 0 spiro atoms. The molecule has 5 nitrogen and oxygen atoms in total. The van der Waals surface area contributed by atoms with Gasteiger partial charge in [-0.05, 0) is 25.0 Å². The maximum absolute atomic E-state index is 11.0. The van der Waals surface area contributed by atoms with Gasteiger partial charge in [0, 0.05) is 18.4 Å². The van der Waals surface area contributed by atoms with E-state index in [-0.39, 0.29) is 5.82 Å². The molecule has 2 N–H and O–H groups in total. The number of carboxylic acid groups (broad SMARTS) is 1. The average molecular weight is 269 g/mol. The number of carboxylic acids is 1. The zero-order chi connectivity index (χ0) is 14.4. The average Bonchev–Trinajstić information content (AvgIpc) is 2.46. The second-order valence-electron chi connectivity index (χ2n) is 4.31. The maximum Gasteiger partial charge on any atom is 0.374 e. The fourth-order valence-electron chi connectivity index (χ4n) is 1.87. The fraction of sp³-hybridized carbons (Fsp3) is 0.267. The molecule has 5 heteroatoms. The third-order valence-electron chi connectivity index (χ3n) is 2.83. The summed E-state index contributed by atoms with van der Waals surface area (Å²) in [7, 11) is 0. The summed E-state index contributed by atoms with van der Waals surface area (Å²) in [4.78, 5) is 19.1. The Morgan fingerprint density at radius 1 is 1.30 bits per heavy atom. The highest BCUT2D eigenvalue weighted by molar-refractivity contribution is 5.93. The lowest BCUT2D eigenvalue weighted by atomic mass is 10.2. The van der Waals surface area contributed by atoms with Crippen LogP contribution in [0.3, 0.4) is 0 Å². The smallest absolute Gasteiger partial charge is 0.374 e. The van der Waals surface area contributed by atoms with Crippen molar-refractivity contribution in [3.05, 3.63) is 30.1 Å². The van der Waals surface area contributed by atoms with E-state index in [0.717, 1.165) is 24.6 Å². The van der Waals surface area contributed by atoms with E-state index in [0.29, 0.717) is 17.9 Å². The zero-order valence-corrected chi connectivity index (χ0v) is 11.0. The predicted octanol–water partition coefficient (Wildman–Crippen LogP) is 2.54. The Hall–Kier alpha value is -2.61. The summed E-state index contributed by atoms with van der Waals surface area (Å²) in [6.07, 6.45) is 7.77. The summed E-state index contributed by atoms with van der Waals surface area (Å²) in [5.74, 6) is 1.81. The van der Waals surface area contributed by atoms with Gasteiger partial charge >= 0.3 is 5.97 Å². The van der Waals surface area contributed by atoms with Gasteiger partial charge in [0.25, 0.3) is 0 Å². The number of anilines is 1. The highest BCUT2D eigenvalue weighted by Gasteiger charge is 2.11. The Bertz CT molecular complexity index is 662. The summed E-state index contributed by atoms with van der Waals surface area (Å²) in [6, 6.07) is 7.32. The monoisotopic (exact) mass is 269 g/mol. The Morgan fingerprint density at radius 2 is 2.10 bits per heavy atom. The van der Waals surface area contributed by atoms with Crippen molar-refractivity contribution in [2.75, 3.05) is 11.9 Å². The Morgan fingerprint density at radius 3 is 2.85 bits per heavy atom. The van der Waals surface area contributed by atoms with Gasteiger partial charge in [-0.2, -0.15) is 0 Å². The topological polar surface area (TPSA) is 75.1 Å². The summed E-state index contributed by atoms with van der Waals surface area (Å²) >= 11 is 0. The molecular weight excluding hydrogens is 254 g/mol. The van der Waals surface area contributed by atoms with Crippen LogP contribution >= 0.6 is 0 Å². The number of hydrogen-bond donors (Lipinski definition) is 2. The highest BCUT2D eigenvalue weighted by atomic mass is 16.4. The van der Waals surface area contributed by atoms with Gasteiger partial charge in [0.05, 0.1) is 5.52 Å². The van der Waals surface area contributed by atoms with Crippen molar-refractivity contribution in [1.82, 2.24) is 9.97 Å². The number of aromatic nitrogens is 2. The summed E-state index contributed by atoms with van der Waals surface area (Å²) in [5.41, 5.74) is 0.617. The van der Waals surface area contributed by atoms with E-state index in [1.165, 1.54) is 0 Å². The molecule has 0 unspecified atom stereocenters. The van der Waals surface area contributed by atoms with Crippen molar-refractivity contribution in [1.29, 1.82) is 0 Å². The van der Waals surface area contributed by atoms with Crippen molar-refractivity contribution in [2.45, 2.75) is 19.3 Å². The molecule has 0 atom stereocenters. The summed E-state index contributed by atoms with van der Waals surface area (Å²) < 4.78 is 0. The molecule has 0 aliphatic carbocycles. The van der Waals surface area contributed by atoms with E-state index in [1.54, 1.807) is 6.07 Å². The molecule has 0 fully saturated rings. The molecule has 0 aliphatic rings. The fourth-order valence-corrected chi connectivity index (χ4v) is 1.87. The van der Waals surface area contributed by atoms with Gasteiger partial charge in [-0.25, -0.2) is 14.8 Å². The van der Waals surface area contributed by atoms with Gasteiger partial charge in [0.2, 0.25) is 5.82 Å². The van der Waals surface area contributed by atoms with Gasteiger partial charge in [0.15, 0.2) is 0 Å². The molecule has 0 radical (unpaired) electrons. The van der Waals surface area contributed by atoms with Gasteiger partial charge in [-0.15, -0.1) is 12.3 Å². The number of para-hydroxylation sites is 1. The van der Waals surface area contributed by atoms with Crippen molar-refractivity contribution in [3.63, 3.8) is 0 Å². The van der Waals surface area contributed by atoms with Crippen LogP contribution in [0.15, 0.2) is 24.3 Å². The lowest BCUT2D eigenvalue weighted by Crippen LogP contribution is -2.10. The lowest BCUT2D eigenvalue weighted by molar-refractivity contribution is 0.0684. The SMILES string of the molecule is C#CCCCCNc1nc(C(=O)O)nc2ccccc12. The molecule has 0 bridgehead atoms. The normalized spacial score (nSPS) is 10.2. The second-order valence-corrected chi connectivity index (χ2v) is 4.31.